The van der Waals surface area contributed by atoms with Crippen molar-refractivity contribution in [2.45, 2.75) is 6.42 Å². The largest absolute Gasteiger partial charge is 0.461 e. The molecule has 3 rings (SSSR count). The Balaban J connectivity index is 1.47. The van der Waals surface area contributed by atoms with Gasteiger partial charge in [0.1, 0.15) is 10.9 Å². The van der Waals surface area contributed by atoms with E-state index in [2.05, 4.69) is 5.32 Å². The second-order valence-corrected chi connectivity index (χ2v) is 9.62. The molecule has 2 amide bonds. The van der Waals surface area contributed by atoms with E-state index in [0.29, 0.717) is 33.6 Å². The van der Waals surface area contributed by atoms with Crippen molar-refractivity contribution in [3.63, 3.8) is 0 Å². The molecule has 1 heterocycles. The molecule has 1 saturated heterocycles. The fraction of sp³-hybridized carbons (Fsp3) is 0.231. The van der Waals surface area contributed by atoms with Crippen LogP contribution in [0.5, 0.6) is 0 Å². The van der Waals surface area contributed by atoms with Crippen LogP contribution in [0.4, 0.5) is 5.69 Å². The maximum atomic E-state index is 12.7. The molecule has 1 N–H and O–H groups in total. The van der Waals surface area contributed by atoms with E-state index in [4.69, 9.17) is 17.0 Å². The molecule has 0 atom stereocenters. The topological polar surface area (TPSA) is 79.0 Å². The summed E-state index contributed by atoms with van der Waals surface area (Å²) in [5.74, 6) is -0.873. The first-order valence-electron chi connectivity index (χ1n) is 11.0. The van der Waals surface area contributed by atoms with Crippen molar-refractivity contribution < 1.29 is 19.1 Å². The van der Waals surface area contributed by atoms with Crippen LogP contribution < -0.4 is 5.32 Å². The van der Waals surface area contributed by atoms with E-state index < -0.39 is 5.97 Å². The summed E-state index contributed by atoms with van der Waals surface area (Å²) in [5, 5.41) is 2.77. The summed E-state index contributed by atoms with van der Waals surface area (Å²) in [6.45, 7) is 1.13. The zero-order valence-corrected chi connectivity index (χ0v) is 21.2. The molecule has 1 aliphatic rings. The summed E-state index contributed by atoms with van der Waals surface area (Å²) >= 11 is 6.55. The Labute approximate surface area is 214 Å². The van der Waals surface area contributed by atoms with Crippen molar-refractivity contribution in [1.29, 1.82) is 0 Å². The minimum Gasteiger partial charge on any atom is -0.461 e. The number of allylic oxidation sites excluding steroid dienone is 2. The van der Waals surface area contributed by atoms with Crippen LogP contribution >= 0.6 is 24.0 Å². The van der Waals surface area contributed by atoms with Crippen molar-refractivity contribution in [2.75, 3.05) is 39.1 Å². The summed E-state index contributed by atoms with van der Waals surface area (Å²) in [7, 11) is 3.80. The third-order valence-electron chi connectivity index (χ3n) is 4.95. The van der Waals surface area contributed by atoms with E-state index in [1.165, 1.54) is 16.7 Å². The number of hydrogen-bond donors (Lipinski definition) is 1. The average molecular weight is 510 g/mol. The number of hydrogen-bond acceptors (Lipinski definition) is 7. The molecule has 0 aliphatic carbocycles. The number of thiocarbonyl (C=S) groups is 1. The van der Waals surface area contributed by atoms with Crippen LogP contribution in [0, 0.1) is 0 Å². The van der Waals surface area contributed by atoms with Gasteiger partial charge in [-0.05, 0) is 50.0 Å². The quantitative estimate of drug-likeness (QED) is 0.292. The summed E-state index contributed by atoms with van der Waals surface area (Å²) in [4.78, 5) is 41.0. The molecule has 1 aliphatic heterocycles. The molecule has 0 aromatic heterocycles. The monoisotopic (exact) mass is 509 g/mol. The zero-order valence-electron chi connectivity index (χ0n) is 19.6. The Bertz CT molecular complexity index is 1130. The van der Waals surface area contributed by atoms with Gasteiger partial charge in [0, 0.05) is 25.2 Å². The molecule has 0 radical (unpaired) electrons. The lowest BCUT2D eigenvalue weighted by Gasteiger charge is -2.14. The van der Waals surface area contributed by atoms with Crippen LogP contribution in [0.3, 0.4) is 0 Å². The first kappa shape index (κ1) is 26.3. The van der Waals surface area contributed by atoms with Gasteiger partial charge in [0.05, 0.1) is 10.5 Å². The maximum absolute atomic E-state index is 12.7. The van der Waals surface area contributed by atoms with Crippen molar-refractivity contribution >= 4 is 57.8 Å². The second-order valence-electron chi connectivity index (χ2n) is 7.94. The average Bonchev–Trinajstić information content (AvgIpc) is 3.10. The standard InChI is InChI=1S/C26H27N3O4S2/c1-28(2)17-18-33-25(32)20-11-13-21(14-12-20)27-23(30)15-16-29-24(31)22(35-26(29)34)10-6-9-19-7-4-3-5-8-19/h3-14H,15-18H2,1-2H3,(H,27,30). The zero-order chi connectivity index (χ0) is 25.2. The SMILES string of the molecule is CN(C)CCOC(=O)c1ccc(NC(=O)CCN2C(=O)C(=CC=Cc3ccccc3)SC2=S)cc1. The van der Waals surface area contributed by atoms with Gasteiger partial charge in [-0.25, -0.2) is 4.79 Å². The third-order valence-corrected chi connectivity index (χ3v) is 6.34. The molecule has 1 fully saturated rings. The van der Waals surface area contributed by atoms with Gasteiger partial charge >= 0.3 is 5.97 Å². The van der Waals surface area contributed by atoms with Crippen LogP contribution in [-0.2, 0) is 14.3 Å². The van der Waals surface area contributed by atoms with Gasteiger partial charge in [-0.2, -0.15) is 0 Å². The van der Waals surface area contributed by atoms with E-state index in [1.54, 1.807) is 30.3 Å². The Morgan fingerprint density at radius 1 is 1.11 bits per heavy atom. The number of carbonyl (C=O) groups is 3. The molecular weight excluding hydrogens is 482 g/mol. The fourth-order valence-corrected chi connectivity index (χ4v) is 4.31. The van der Waals surface area contributed by atoms with Gasteiger partial charge in [-0.15, -0.1) is 0 Å². The second kappa shape index (κ2) is 13.0. The van der Waals surface area contributed by atoms with Crippen LogP contribution in [0.2, 0.25) is 0 Å². The van der Waals surface area contributed by atoms with Gasteiger partial charge < -0.3 is 15.0 Å². The molecule has 182 valence electrons. The fourth-order valence-electron chi connectivity index (χ4n) is 3.05. The van der Waals surface area contributed by atoms with Gasteiger partial charge in [0.2, 0.25) is 5.91 Å². The highest BCUT2D eigenvalue weighted by Crippen LogP contribution is 2.31. The van der Waals surface area contributed by atoms with Crippen molar-refractivity contribution in [2.24, 2.45) is 0 Å². The van der Waals surface area contributed by atoms with E-state index in [9.17, 15) is 14.4 Å². The van der Waals surface area contributed by atoms with E-state index in [1.807, 2.05) is 61.5 Å². The van der Waals surface area contributed by atoms with Gasteiger partial charge in [-0.1, -0.05) is 66.5 Å². The highest BCUT2D eigenvalue weighted by Gasteiger charge is 2.31. The molecule has 35 heavy (non-hydrogen) atoms. The van der Waals surface area contributed by atoms with Gasteiger partial charge in [0.15, 0.2) is 0 Å². The Kier molecular flexibility index (Phi) is 9.77. The molecular formula is C26H27N3O4S2. The predicted octanol–water partition coefficient (Wildman–Crippen LogP) is 4.19. The Hall–Kier alpha value is -3.27. The highest BCUT2D eigenvalue weighted by atomic mass is 32.2. The van der Waals surface area contributed by atoms with Crippen molar-refractivity contribution in [3.8, 4) is 0 Å². The number of anilines is 1. The number of ether oxygens (including phenoxy) is 1. The molecule has 2 aromatic rings. The molecule has 2 aromatic carbocycles. The number of amides is 2. The third kappa shape index (κ3) is 8.17. The number of thioether (sulfide) groups is 1. The molecule has 0 saturated carbocycles. The lowest BCUT2D eigenvalue weighted by molar-refractivity contribution is -0.122. The first-order valence-corrected chi connectivity index (χ1v) is 12.2. The number of carbonyl (C=O) groups excluding carboxylic acids is 3. The van der Waals surface area contributed by atoms with E-state index >= 15 is 0 Å². The van der Waals surface area contributed by atoms with E-state index in [0.717, 1.165) is 5.56 Å². The number of benzene rings is 2. The lowest BCUT2D eigenvalue weighted by Crippen LogP contribution is -2.31. The summed E-state index contributed by atoms with van der Waals surface area (Å²) in [6.07, 6.45) is 5.55. The van der Waals surface area contributed by atoms with Crippen molar-refractivity contribution in [1.82, 2.24) is 9.80 Å². The molecule has 9 heteroatoms. The maximum Gasteiger partial charge on any atom is 0.338 e. The van der Waals surface area contributed by atoms with Crippen LogP contribution in [0.15, 0.2) is 71.7 Å². The van der Waals surface area contributed by atoms with Crippen LogP contribution in [0.25, 0.3) is 6.08 Å². The Morgan fingerprint density at radius 2 is 1.83 bits per heavy atom. The van der Waals surface area contributed by atoms with Gasteiger partial charge in [0.25, 0.3) is 5.91 Å². The minimum atomic E-state index is -0.411. The van der Waals surface area contributed by atoms with Crippen LogP contribution in [-0.4, -0.2) is 65.7 Å². The number of rotatable bonds is 10. The van der Waals surface area contributed by atoms with Crippen LogP contribution in [0.1, 0.15) is 22.3 Å². The molecule has 7 nitrogen and oxygen atoms in total. The van der Waals surface area contributed by atoms with Gasteiger partial charge in [-0.3, -0.25) is 14.5 Å². The first-order chi connectivity index (χ1) is 16.8. The summed E-state index contributed by atoms with van der Waals surface area (Å²) in [6, 6.07) is 16.3. The number of nitrogens with zero attached hydrogens (tertiary/aromatic N) is 2. The number of likely N-dealkylation sites (N-methyl/N-ethyl adjacent to an activating group) is 1. The minimum absolute atomic E-state index is 0.0912. The smallest absolute Gasteiger partial charge is 0.338 e. The highest BCUT2D eigenvalue weighted by molar-refractivity contribution is 8.26. The lowest BCUT2D eigenvalue weighted by atomic mass is 10.2. The van der Waals surface area contributed by atoms with Crippen molar-refractivity contribution in [3.05, 3.63) is 82.8 Å². The normalized spacial score (nSPS) is 14.8. The number of nitrogens with one attached hydrogen (secondary N) is 1. The molecule has 0 spiro atoms. The van der Waals surface area contributed by atoms with E-state index in [-0.39, 0.29) is 24.8 Å². The molecule has 0 bridgehead atoms. The number of esters is 1. The summed E-state index contributed by atoms with van der Waals surface area (Å²) in [5.41, 5.74) is 1.99. The molecule has 0 unspecified atom stereocenters. The predicted molar refractivity (Wildman–Crippen MR) is 144 cm³/mol. The summed E-state index contributed by atoms with van der Waals surface area (Å²) < 4.78 is 5.63. The Morgan fingerprint density at radius 3 is 2.51 bits per heavy atom.